The maximum atomic E-state index is 11.6. The van der Waals surface area contributed by atoms with Gasteiger partial charge in [-0.05, 0) is 23.6 Å². The summed E-state index contributed by atoms with van der Waals surface area (Å²) in [6.07, 6.45) is 4.22. The van der Waals surface area contributed by atoms with Gasteiger partial charge in [0.1, 0.15) is 0 Å². The SMILES string of the molecule is CC(C)/C=C/c1ccc(C(=O)N(C)C)cc1. The Morgan fingerprint density at radius 3 is 2.19 bits per heavy atom. The molecule has 1 rings (SSSR count). The van der Waals surface area contributed by atoms with E-state index in [9.17, 15) is 4.79 Å². The number of hydrogen-bond acceptors (Lipinski definition) is 1. The Morgan fingerprint density at radius 2 is 1.75 bits per heavy atom. The molecule has 0 fully saturated rings. The molecule has 1 aromatic rings. The fraction of sp³-hybridized carbons (Fsp3) is 0.357. The van der Waals surface area contributed by atoms with Crippen molar-refractivity contribution in [1.82, 2.24) is 4.90 Å². The van der Waals surface area contributed by atoms with Crippen LogP contribution in [0, 0.1) is 5.92 Å². The van der Waals surface area contributed by atoms with Crippen LogP contribution in [0.25, 0.3) is 6.08 Å². The quantitative estimate of drug-likeness (QED) is 0.762. The van der Waals surface area contributed by atoms with E-state index in [1.807, 2.05) is 24.3 Å². The molecule has 0 aliphatic heterocycles. The lowest BCUT2D eigenvalue weighted by atomic mass is 10.1. The molecule has 0 N–H and O–H groups in total. The first-order valence-corrected chi connectivity index (χ1v) is 5.50. The van der Waals surface area contributed by atoms with Crippen molar-refractivity contribution in [1.29, 1.82) is 0 Å². The molecule has 0 unspecified atom stereocenters. The summed E-state index contributed by atoms with van der Waals surface area (Å²) in [6, 6.07) is 7.66. The maximum Gasteiger partial charge on any atom is 0.253 e. The summed E-state index contributed by atoms with van der Waals surface area (Å²) in [7, 11) is 3.52. The molecule has 0 heterocycles. The molecule has 0 saturated carbocycles. The van der Waals surface area contributed by atoms with Crippen molar-refractivity contribution < 1.29 is 4.79 Å². The average Bonchev–Trinajstić information content (AvgIpc) is 2.26. The first-order chi connectivity index (χ1) is 7.50. The molecule has 0 spiro atoms. The predicted octanol–water partition coefficient (Wildman–Crippen LogP) is 3.06. The number of carbonyl (C=O) groups excluding carboxylic acids is 1. The summed E-state index contributed by atoms with van der Waals surface area (Å²) < 4.78 is 0. The van der Waals surface area contributed by atoms with Crippen LogP contribution in [0.5, 0.6) is 0 Å². The first kappa shape index (κ1) is 12.5. The highest BCUT2D eigenvalue weighted by molar-refractivity contribution is 5.94. The van der Waals surface area contributed by atoms with Crippen molar-refractivity contribution in [2.45, 2.75) is 13.8 Å². The first-order valence-electron chi connectivity index (χ1n) is 5.50. The Hall–Kier alpha value is -1.57. The number of hydrogen-bond donors (Lipinski definition) is 0. The van der Waals surface area contributed by atoms with Gasteiger partial charge in [0, 0.05) is 19.7 Å². The molecule has 1 amide bonds. The third-order valence-corrected chi connectivity index (χ3v) is 2.24. The van der Waals surface area contributed by atoms with Crippen molar-refractivity contribution in [2.24, 2.45) is 5.92 Å². The van der Waals surface area contributed by atoms with E-state index in [0.29, 0.717) is 5.92 Å². The largest absolute Gasteiger partial charge is 0.345 e. The van der Waals surface area contributed by atoms with Crippen LogP contribution in [0.4, 0.5) is 0 Å². The third-order valence-electron chi connectivity index (χ3n) is 2.24. The highest BCUT2D eigenvalue weighted by atomic mass is 16.2. The minimum Gasteiger partial charge on any atom is -0.345 e. The standard InChI is InChI=1S/C14H19NO/c1-11(2)5-6-12-7-9-13(10-8-12)14(16)15(3)4/h5-11H,1-4H3/b6-5+. The fourth-order valence-electron chi connectivity index (χ4n) is 1.30. The normalized spacial score (nSPS) is 11.1. The monoisotopic (exact) mass is 217 g/mol. The molecular formula is C14H19NO. The Labute approximate surface area is 97.6 Å². The predicted molar refractivity (Wildman–Crippen MR) is 68.3 cm³/mol. The number of carbonyl (C=O) groups is 1. The molecule has 2 nitrogen and oxygen atoms in total. The van der Waals surface area contributed by atoms with Gasteiger partial charge in [0.15, 0.2) is 0 Å². The van der Waals surface area contributed by atoms with Gasteiger partial charge in [0.05, 0.1) is 0 Å². The summed E-state index contributed by atoms with van der Waals surface area (Å²) in [6.45, 7) is 4.28. The van der Waals surface area contributed by atoms with Gasteiger partial charge in [0.25, 0.3) is 5.91 Å². The molecular weight excluding hydrogens is 198 g/mol. The summed E-state index contributed by atoms with van der Waals surface area (Å²) in [4.78, 5) is 13.2. The van der Waals surface area contributed by atoms with Crippen molar-refractivity contribution in [2.75, 3.05) is 14.1 Å². The minimum absolute atomic E-state index is 0.0411. The second kappa shape index (κ2) is 5.50. The van der Waals surface area contributed by atoms with Gasteiger partial charge in [-0.25, -0.2) is 0 Å². The van der Waals surface area contributed by atoms with Crippen LogP contribution < -0.4 is 0 Å². The molecule has 0 atom stereocenters. The van der Waals surface area contributed by atoms with E-state index < -0.39 is 0 Å². The fourth-order valence-corrected chi connectivity index (χ4v) is 1.30. The van der Waals surface area contributed by atoms with E-state index in [1.54, 1.807) is 19.0 Å². The lowest BCUT2D eigenvalue weighted by molar-refractivity contribution is 0.0827. The lowest BCUT2D eigenvalue weighted by Gasteiger charge is -2.09. The zero-order chi connectivity index (χ0) is 12.1. The van der Waals surface area contributed by atoms with Gasteiger partial charge >= 0.3 is 0 Å². The van der Waals surface area contributed by atoms with E-state index in [1.165, 1.54) is 0 Å². The zero-order valence-corrected chi connectivity index (χ0v) is 10.4. The van der Waals surface area contributed by atoms with Crippen molar-refractivity contribution in [3.63, 3.8) is 0 Å². The highest BCUT2D eigenvalue weighted by Gasteiger charge is 2.06. The molecule has 16 heavy (non-hydrogen) atoms. The molecule has 0 aliphatic carbocycles. The van der Waals surface area contributed by atoms with E-state index >= 15 is 0 Å². The van der Waals surface area contributed by atoms with Gasteiger partial charge < -0.3 is 4.90 Å². The van der Waals surface area contributed by atoms with Gasteiger partial charge in [-0.3, -0.25) is 4.79 Å². The smallest absolute Gasteiger partial charge is 0.253 e. The van der Waals surface area contributed by atoms with Crippen LogP contribution in [0.3, 0.4) is 0 Å². The van der Waals surface area contributed by atoms with Crippen molar-refractivity contribution >= 4 is 12.0 Å². The molecule has 2 heteroatoms. The van der Waals surface area contributed by atoms with E-state index in [2.05, 4.69) is 26.0 Å². The van der Waals surface area contributed by atoms with Crippen LogP contribution >= 0.6 is 0 Å². The number of benzene rings is 1. The molecule has 0 aliphatic rings. The summed E-state index contributed by atoms with van der Waals surface area (Å²) in [5.41, 5.74) is 1.86. The number of nitrogens with zero attached hydrogens (tertiary/aromatic N) is 1. The van der Waals surface area contributed by atoms with Crippen LogP contribution in [-0.2, 0) is 0 Å². The van der Waals surface area contributed by atoms with Crippen LogP contribution in [-0.4, -0.2) is 24.9 Å². The lowest BCUT2D eigenvalue weighted by Crippen LogP contribution is -2.21. The maximum absolute atomic E-state index is 11.6. The molecule has 0 saturated heterocycles. The second-order valence-electron chi connectivity index (χ2n) is 4.42. The topological polar surface area (TPSA) is 20.3 Å². The van der Waals surface area contributed by atoms with Gasteiger partial charge in [0.2, 0.25) is 0 Å². The Kier molecular flexibility index (Phi) is 4.29. The van der Waals surface area contributed by atoms with Crippen molar-refractivity contribution in [3.05, 3.63) is 41.5 Å². The third kappa shape index (κ3) is 3.54. The average molecular weight is 217 g/mol. The molecule has 1 aromatic carbocycles. The number of allylic oxidation sites excluding steroid dienone is 1. The van der Waals surface area contributed by atoms with Crippen LogP contribution in [0.15, 0.2) is 30.3 Å². The van der Waals surface area contributed by atoms with Gasteiger partial charge in [-0.15, -0.1) is 0 Å². The highest BCUT2D eigenvalue weighted by Crippen LogP contribution is 2.09. The summed E-state index contributed by atoms with van der Waals surface area (Å²) >= 11 is 0. The summed E-state index contributed by atoms with van der Waals surface area (Å²) in [5, 5.41) is 0. The van der Waals surface area contributed by atoms with Crippen molar-refractivity contribution in [3.8, 4) is 0 Å². The summed E-state index contributed by atoms with van der Waals surface area (Å²) in [5.74, 6) is 0.586. The van der Waals surface area contributed by atoms with Crippen LogP contribution in [0.1, 0.15) is 29.8 Å². The molecule has 86 valence electrons. The molecule has 0 aromatic heterocycles. The van der Waals surface area contributed by atoms with E-state index in [-0.39, 0.29) is 5.91 Å². The van der Waals surface area contributed by atoms with E-state index in [4.69, 9.17) is 0 Å². The Bertz CT molecular complexity index is 374. The Morgan fingerprint density at radius 1 is 1.19 bits per heavy atom. The molecule has 0 bridgehead atoms. The molecule has 0 radical (unpaired) electrons. The zero-order valence-electron chi connectivity index (χ0n) is 10.4. The number of rotatable bonds is 3. The van der Waals surface area contributed by atoms with Gasteiger partial charge in [-0.1, -0.05) is 38.1 Å². The van der Waals surface area contributed by atoms with Gasteiger partial charge in [-0.2, -0.15) is 0 Å². The number of amides is 1. The Balaban J connectivity index is 2.79. The van der Waals surface area contributed by atoms with E-state index in [0.717, 1.165) is 11.1 Å². The minimum atomic E-state index is 0.0411. The van der Waals surface area contributed by atoms with Crippen LogP contribution in [0.2, 0.25) is 0 Å². The second-order valence-corrected chi connectivity index (χ2v) is 4.42.